The zero-order chi connectivity index (χ0) is 16.2. The number of imidazole rings is 1. The van der Waals surface area contributed by atoms with E-state index in [4.69, 9.17) is 0 Å². The molecule has 0 spiro atoms. The second-order valence-corrected chi connectivity index (χ2v) is 5.55. The van der Waals surface area contributed by atoms with E-state index in [1.807, 2.05) is 31.3 Å². The van der Waals surface area contributed by atoms with Gasteiger partial charge >= 0.3 is 0 Å². The SMILES string of the molecule is CCN(CC)c1ccc(C=Nc2ccc3nc(C)[nH]c3c2)cc1. The number of aromatic nitrogens is 2. The average molecular weight is 306 g/mol. The number of aryl methyl sites for hydroxylation is 1. The van der Waals surface area contributed by atoms with E-state index in [1.54, 1.807) is 0 Å². The van der Waals surface area contributed by atoms with E-state index in [2.05, 4.69) is 58.0 Å². The number of aliphatic imine (C=N–C) groups is 1. The van der Waals surface area contributed by atoms with Crippen LogP contribution in [0.15, 0.2) is 47.5 Å². The van der Waals surface area contributed by atoms with Crippen molar-refractivity contribution in [1.29, 1.82) is 0 Å². The molecule has 0 bridgehead atoms. The summed E-state index contributed by atoms with van der Waals surface area (Å²) in [6.45, 7) is 8.35. The van der Waals surface area contributed by atoms with Crippen molar-refractivity contribution in [2.45, 2.75) is 20.8 Å². The molecule has 0 saturated heterocycles. The molecule has 4 nitrogen and oxygen atoms in total. The van der Waals surface area contributed by atoms with Crippen LogP contribution in [-0.2, 0) is 0 Å². The van der Waals surface area contributed by atoms with Gasteiger partial charge in [-0.1, -0.05) is 12.1 Å². The topological polar surface area (TPSA) is 44.3 Å². The van der Waals surface area contributed by atoms with Crippen molar-refractivity contribution < 1.29 is 0 Å². The summed E-state index contributed by atoms with van der Waals surface area (Å²) in [6.07, 6.45) is 1.90. The van der Waals surface area contributed by atoms with Crippen molar-refractivity contribution in [3.8, 4) is 0 Å². The minimum absolute atomic E-state index is 0.924. The largest absolute Gasteiger partial charge is 0.372 e. The minimum Gasteiger partial charge on any atom is -0.372 e. The fourth-order valence-corrected chi connectivity index (χ4v) is 2.71. The molecule has 0 unspecified atom stereocenters. The smallest absolute Gasteiger partial charge is 0.104 e. The van der Waals surface area contributed by atoms with Crippen molar-refractivity contribution in [2.24, 2.45) is 4.99 Å². The molecule has 3 aromatic rings. The van der Waals surface area contributed by atoms with Gasteiger partial charge in [-0.2, -0.15) is 0 Å². The quantitative estimate of drug-likeness (QED) is 0.707. The van der Waals surface area contributed by atoms with Crippen LogP contribution in [0.2, 0.25) is 0 Å². The van der Waals surface area contributed by atoms with Crippen LogP contribution in [-0.4, -0.2) is 29.3 Å². The van der Waals surface area contributed by atoms with Crippen molar-refractivity contribution in [3.63, 3.8) is 0 Å². The Bertz CT molecular complexity index is 811. The number of nitrogens with zero attached hydrogens (tertiary/aromatic N) is 3. The van der Waals surface area contributed by atoms with E-state index in [0.717, 1.165) is 41.2 Å². The first kappa shape index (κ1) is 15.3. The molecule has 0 fully saturated rings. The van der Waals surface area contributed by atoms with Gasteiger partial charge in [0.2, 0.25) is 0 Å². The van der Waals surface area contributed by atoms with Crippen LogP contribution in [0.25, 0.3) is 11.0 Å². The Balaban J connectivity index is 1.78. The van der Waals surface area contributed by atoms with Crippen LogP contribution in [0.4, 0.5) is 11.4 Å². The van der Waals surface area contributed by atoms with Crippen molar-refractivity contribution in [3.05, 3.63) is 53.9 Å². The average Bonchev–Trinajstić information content (AvgIpc) is 2.94. The van der Waals surface area contributed by atoms with Crippen LogP contribution >= 0.6 is 0 Å². The standard InChI is InChI=1S/C19H22N4/c1-4-23(5-2)17-9-6-15(7-10-17)13-20-16-8-11-18-19(12-16)22-14(3)21-18/h6-13H,4-5H2,1-3H3,(H,21,22). The summed E-state index contributed by atoms with van der Waals surface area (Å²) in [5, 5.41) is 0. The van der Waals surface area contributed by atoms with Crippen LogP contribution in [0, 0.1) is 6.92 Å². The summed E-state index contributed by atoms with van der Waals surface area (Å²) in [5.74, 6) is 0.924. The number of benzene rings is 2. The summed E-state index contributed by atoms with van der Waals surface area (Å²) in [6, 6.07) is 14.5. The summed E-state index contributed by atoms with van der Waals surface area (Å²) in [7, 11) is 0. The molecule has 0 aliphatic carbocycles. The van der Waals surface area contributed by atoms with E-state index >= 15 is 0 Å². The zero-order valence-electron chi connectivity index (χ0n) is 13.9. The monoisotopic (exact) mass is 306 g/mol. The number of hydrogen-bond donors (Lipinski definition) is 1. The van der Waals surface area contributed by atoms with E-state index in [1.165, 1.54) is 5.69 Å². The lowest BCUT2D eigenvalue weighted by atomic mass is 10.2. The van der Waals surface area contributed by atoms with Gasteiger partial charge in [0.25, 0.3) is 0 Å². The van der Waals surface area contributed by atoms with Crippen LogP contribution in [0.3, 0.4) is 0 Å². The fourth-order valence-electron chi connectivity index (χ4n) is 2.71. The summed E-state index contributed by atoms with van der Waals surface area (Å²) in [5.41, 5.74) is 5.27. The van der Waals surface area contributed by atoms with E-state index in [-0.39, 0.29) is 0 Å². The Labute approximate surface area is 136 Å². The third kappa shape index (κ3) is 3.42. The molecule has 118 valence electrons. The fraction of sp³-hybridized carbons (Fsp3) is 0.263. The van der Waals surface area contributed by atoms with Gasteiger partial charge in [-0.25, -0.2) is 4.98 Å². The predicted molar refractivity (Wildman–Crippen MR) is 98.1 cm³/mol. The number of nitrogens with one attached hydrogen (secondary N) is 1. The number of anilines is 1. The molecule has 0 saturated carbocycles. The van der Waals surface area contributed by atoms with E-state index in [0.29, 0.717) is 0 Å². The molecule has 0 radical (unpaired) electrons. The number of fused-ring (bicyclic) bond motifs is 1. The highest BCUT2D eigenvalue weighted by Crippen LogP contribution is 2.20. The lowest BCUT2D eigenvalue weighted by molar-refractivity contribution is 0.866. The van der Waals surface area contributed by atoms with Gasteiger partial charge in [-0.05, 0) is 56.7 Å². The molecule has 0 atom stereocenters. The normalized spacial score (nSPS) is 11.4. The van der Waals surface area contributed by atoms with Gasteiger partial charge < -0.3 is 9.88 Å². The number of aromatic amines is 1. The van der Waals surface area contributed by atoms with Crippen LogP contribution in [0.5, 0.6) is 0 Å². The second-order valence-electron chi connectivity index (χ2n) is 5.55. The van der Waals surface area contributed by atoms with E-state index in [9.17, 15) is 0 Å². The maximum Gasteiger partial charge on any atom is 0.104 e. The van der Waals surface area contributed by atoms with Gasteiger partial charge in [0, 0.05) is 25.0 Å². The van der Waals surface area contributed by atoms with Crippen molar-refractivity contribution in [2.75, 3.05) is 18.0 Å². The molecule has 2 aromatic carbocycles. The highest BCUT2D eigenvalue weighted by Gasteiger charge is 2.01. The van der Waals surface area contributed by atoms with Gasteiger partial charge in [-0.3, -0.25) is 4.99 Å². The molecule has 0 aliphatic heterocycles. The minimum atomic E-state index is 0.924. The Morgan fingerprint density at radius 3 is 2.52 bits per heavy atom. The molecule has 23 heavy (non-hydrogen) atoms. The summed E-state index contributed by atoms with van der Waals surface area (Å²) < 4.78 is 0. The van der Waals surface area contributed by atoms with E-state index < -0.39 is 0 Å². The molecular formula is C19H22N4. The lowest BCUT2D eigenvalue weighted by Crippen LogP contribution is -2.21. The van der Waals surface area contributed by atoms with Crippen LogP contribution < -0.4 is 4.90 Å². The molecule has 0 aliphatic rings. The second kappa shape index (κ2) is 6.65. The Hall–Kier alpha value is -2.62. The third-order valence-electron chi connectivity index (χ3n) is 3.97. The van der Waals surface area contributed by atoms with Crippen molar-refractivity contribution >= 4 is 28.6 Å². The maximum atomic E-state index is 4.56. The number of rotatable bonds is 5. The lowest BCUT2D eigenvalue weighted by Gasteiger charge is -2.20. The van der Waals surface area contributed by atoms with Gasteiger partial charge in [-0.15, -0.1) is 0 Å². The predicted octanol–water partition coefficient (Wildman–Crippen LogP) is 4.47. The molecule has 0 amide bonds. The van der Waals surface area contributed by atoms with Gasteiger partial charge in [0.1, 0.15) is 5.82 Å². The Morgan fingerprint density at radius 2 is 1.83 bits per heavy atom. The summed E-state index contributed by atoms with van der Waals surface area (Å²) >= 11 is 0. The van der Waals surface area contributed by atoms with Gasteiger partial charge in [0.15, 0.2) is 0 Å². The molecule has 1 aromatic heterocycles. The molecule has 4 heteroatoms. The first-order valence-corrected chi connectivity index (χ1v) is 8.05. The van der Waals surface area contributed by atoms with Gasteiger partial charge in [0.05, 0.1) is 16.7 Å². The maximum absolute atomic E-state index is 4.56. The van der Waals surface area contributed by atoms with Crippen molar-refractivity contribution in [1.82, 2.24) is 9.97 Å². The number of hydrogen-bond acceptors (Lipinski definition) is 3. The molecule has 1 heterocycles. The highest BCUT2D eigenvalue weighted by atomic mass is 15.1. The Morgan fingerprint density at radius 1 is 1.09 bits per heavy atom. The third-order valence-corrected chi connectivity index (χ3v) is 3.97. The molecule has 3 rings (SSSR count). The molecular weight excluding hydrogens is 284 g/mol. The highest BCUT2D eigenvalue weighted by molar-refractivity contribution is 5.85. The first-order chi connectivity index (χ1) is 11.2. The first-order valence-electron chi connectivity index (χ1n) is 8.05. The zero-order valence-corrected chi connectivity index (χ0v) is 13.9. The molecule has 1 N–H and O–H groups in total. The Kier molecular flexibility index (Phi) is 4.42. The number of H-pyrrole nitrogens is 1. The summed E-state index contributed by atoms with van der Waals surface area (Å²) in [4.78, 5) is 14.5. The van der Waals surface area contributed by atoms with Crippen LogP contribution in [0.1, 0.15) is 25.2 Å².